The first-order valence-corrected chi connectivity index (χ1v) is 5.64. The molecule has 2 rings (SSSR count). The van der Waals surface area contributed by atoms with Crippen molar-refractivity contribution >= 4 is 27.4 Å². The maximum Gasteiger partial charge on any atom is 0.229 e. The normalized spacial score (nSPS) is 10.5. The molecule has 3 nitrogen and oxygen atoms in total. The molecule has 0 saturated heterocycles. The van der Waals surface area contributed by atoms with Crippen molar-refractivity contribution in [3.05, 3.63) is 51.6 Å². The zero-order valence-corrected chi connectivity index (χ0v) is 10.5. The monoisotopic (exact) mass is 297 g/mol. The van der Waals surface area contributed by atoms with Crippen molar-refractivity contribution < 1.29 is 13.6 Å². The third kappa shape index (κ3) is 2.24. The van der Waals surface area contributed by atoms with Crippen molar-refractivity contribution in [1.29, 1.82) is 0 Å². The fourth-order valence-electron chi connectivity index (χ4n) is 1.43. The highest BCUT2D eigenvalue weighted by molar-refractivity contribution is 9.10. The molecule has 0 atom stereocenters. The molecule has 5 heteroatoms. The highest BCUT2D eigenvalue weighted by Crippen LogP contribution is 2.25. The van der Waals surface area contributed by atoms with E-state index < -0.39 is 5.82 Å². The van der Waals surface area contributed by atoms with Crippen molar-refractivity contribution in [2.24, 2.45) is 0 Å². The second-order valence-electron chi connectivity index (χ2n) is 3.59. The van der Waals surface area contributed by atoms with Gasteiger partial charge in [-0.1, -0.05) is 0 Å². The molecule has 0 aliphatic heterocycles. The highest BCUT2D eigenvalue weighted by atomic mass is 79.9. The van der Waals surface area contributed by atoms with Crippen LogP contribution in [0.15, 0.2) is 33.2 Å². The third-order valence-electron chi connectivity index (χ3n) is 2.30. The number of hydrogen-bond acceptors (Lipinski definition) is 3. The van der Waals surface area contributed by atoms with Crippen LogP contribution in [0.1, 0.15) is 21.9 Å². The number of ketones is 1. The van der Waals surface area contributed by atoms with Gasteiger partial charge in [0.2, 0.25) is 5.78 Å². The van der Waals surface area contributed by atoms with Crippen LogP contribution in [0.5, 0.6) is 0 Å². The summed E-state index contributed by atoms with van der Waals surface area (Å²) >= 11 is 3.13. The standard InChI is InChI=1S/C12H9BrFNO2/c1-6-2-3-11(17-6)12(16)7-4-10(15)9(14)5-8(7)13/h2-5H,15H2,1H3. The number of carbonyl (C=O) groups excluding carboxylic acids is 1. The predicted molar refractivity (Wildman–Crippen MR) is 65.4 cm³/mol. The molecule has 0 saturated carbocycles. The first-order valence-electron chi connectivity index (χ1n) is 4.84. The average molecular weight is 298 g/mol. The Morgan fingerprint density at radius 3 is 2.71 bits per heavy atom. The second-order valence-corrected chi connectivity index (χ2v) is 4.45. The molecule has 88 valence electrons. The van der Waals surface area contributed by atoms with Gasteiger partial charge in [0, 0.05) is 10.0 Å². The molecule has 1 aromatic carbocycles. The maximum absolute atomic E-state index is 13.1. The van der Waals surface area contributed by atoms with E-state index in [1.807, 2.05) is 0 Å². The summed E-state index contributed by atoms with van der Waals surface area (Å²) in [5.41, 5.74) is 5.64. The van der Waals surface area contributed by atoms with Crippen LogP contribution in [0.3, 0.4) is 0 Å². The van der Waals surface area contributed by atoms with Gasteiger partial charge in [0.05, 0.1) is 5.69 Å². The number of halogens is 2. The number of carbonyl (C=O) groups is 1. The van der Waals surface area contributed by atoms with E-state index >= 15 is 0 Å². The van der Waals surface area contributed by atoms with Crippen LogP contribution < -0.4 is 5.73 Å². The van der Waals surface area contributed by atoms with Gasteiger partial charge in [-0.15, -0.1) is 0 Å². The SMILES string of the molecule is Cc1ccc(C(=O)c2cc(N)c(F)cc2Br)o1. The van der Waals surface area contributed by atoms with Crippen LogP contribution in [0.4, 0.5) is 10.1 Å². The molecule has 1 heterocycles. The molecule has 0 aliphatic rings. The van der Waals surface area contributed by atoms with Crippen LogP contribution >= 0.6 is 15.9 Å². The number of hydrogen-bond donors (Lipinski definition) is 1. The quantitative estimate of drug-likeness (QED) is 0.683. The van der Waals surface area contributed by atoms with Gasteiger partial charge in [0.15, 0.2) is 5.76 Å². The van der Waals surface area contributed by atoms with Gasteiger partial charge in [-0.05, 0) is 47.1 Å². The summed E-state index contributed by atoms with van der Waals surface area (Å²) in [5.74, 6) is -0.0607. The maximum atomic E-state index is 13.1. The Morgan fingerprint density at radius 1 is 1.41 bits per heavy atom. The Bertz CT molecular complexity index is 592. The molecule has 17 heavy (non-hydrogen) atoms. The van der Waals surface area contributed by atoms with E-state index in [4.69, 9.17) is 10.2 Å². The molecule has 0 aliphatic carbocycles. The fourth-order valence-corrected chi connectivity index (χ4v) is 1.92. The van der Waals surface area contributed by atoms with Crippen LogP contribution in [0, 0.1) is 12.7 Å². The minimum absolute atomic E-state index is 0.0696. The van der Waals surface area contributed by atoms with Crippen molar-refractivity contribution in [2.45, 2.75) is 6.92 Å². The van der Waals surface area contributed by atoms with Gasteiger partial charge in [-0.25, -0.2) is 4.39 Å². The molecule has 2 N–H and O–H groups in total. The number of nitrogen functional groups attached to an aromatic ring is 1. The smallest absolute Gasteiger partial charge is 0.229 e. The molecule has 2 aromatic rings. The van der Waals surface area contributed by atoms with E-state index in [-0.39, 0.29) is 22.8 Å². The zero-order chi connectivity index (χ0) is 12.6. The van der Waals surface area contributed by atoms with E-state index in [2.05, 4.69) is 15.9 Å². The summed E-state index contributed by atoms with van der Waals surface area (Å²) < 4.78 is 18.7. The van der Waals surface area contributed by atoms with Crippen LogP contribution in [-0.4, -0.2) is 5.78 Å². The van der Waals surface area contributed by atoms with E-state index in [1.165, 1.54) is 12.1 Å². The molecule has 0 fully saturated rings. The Labute approximate surface area is 106 Å². The Hall–Kier alpha value is -1.62. The summed E-state index contributed by atoms with van der Waals surface area (Å²) in [6.45, 7) is 1.74. The predicted octanol–water partition coefficient (Wildman–Crippen LogP) is 3.30. The van der Waals surface area contributed by atoms with E-state index in [0.29, 0.717) is 10.2 Å². The lowest BCUT2D eigenvalue weighted by Gasteiger charge is -2.04. The van der Waals surface area contributed by atoms with Gasteiger partial charge in [0.25, 0.3) is 0 Å². The largest absolute Gasteiger partial charge is 0.458 e. The summed E-state index contributed by atoms with van der Waals surface area (Å²) in [6, 6.07) is 5.72. The molecular formula is C12H9BrFNO2. The van der Waals surface area contributed by atoms with Crippen molar-refractivity contribution in [1.82, 2.24) is 0 Å². The molecule has 0 amide bonds. The summed E-state index contributed by atoms with van der Waals surface area (Å²) in [7, 11) is 0. The van der Waals surface area contributed by atoms with Crippen molar-refractivity contribution in [3.63, 3.8) is 0 Å². The fraction of sp³-hybridized carbons (Fsp3) is 0.0833. The first-order chi connectivity index (χ1) is 7.99. The summed E-state index contributed by atoms with van der Waals surface area (Å²) in [4.78, 5) is 12.0. The first kappa shape index (κ1) is 11.9. The van der Waals surface area contributed by atoms with Gasteiger partial charge >= 0.3 is 0 Å². The molecule has 0 spiro atoms. The lowest BCUT2D eigenvalue weighted by Crippen LogP contribution is -2.03. The number of benzene rings is 1. The van der Waals surface area contributed by atoms with Crippen LogP contribution in [0.25, 0.3) is 0 Å². The van der Waals surface area contributed by atoms with E-state index in [0.717, 1.165) is 0 Å². The van der Waals surface area contributed by atoms with E-state index in [1.54, 1.807) is 19.1 Å². The topological polar surface area (TPSA) is 56.2 Å². The van der Waals surface area contributed by atoms with Gasteiger partial charge in [-0.3, -0.25) is 4.79 Å². The van der Waals surface area contributed by atoms with Crippen molar-refractivity contribution in [3.8, 4) is 0 Å². The highest BCUT2D eigenvalue weighted by Gasteiger charge is 2.17. The second kappa shape index (κ2) is 4.33. The Balaban J connectivity index is 2.47. The lowest BCUT2D eigenvalue weighted by atomic mass is 10.1. The van der Waals surface area contributed by atoms with Gasteiger partial charge < -0.3 is 10.2 Å². The molecule has 0 unspecified atom stereocenters. The molecular weight excluding hydrogens is 289 g/mol. The van der Waals surface area contributed by atoms with Crippen LogP contribution in [-0.2, 0) is 0 Å². The Kier molecular flexibility index (Phi) is 3.02. The number of anilines is 1. The van der Waals surface area contributed by atoms with Gasteiger partial charge in [-0.2, -0.15) is 0 Å². The lowest BCUT2D eigenvalue weighted by molar-refractivity contribution is 0.101. The minimum atomic E-state index is -0.566. The average Bonchev–Trinajstić information content (AvgIpc) is 2.69. The van der Waals surface area contributed by atoms with Gasteiger partial charge in [0.1, 0.15) is 11.6 Å². The minimum Gasteiger partial charge on any atom is -0.458 e. The number of aryl methyl sites for hydroxylation is 1. The molecule has 0 radical (unpaired) electrons. The molecule has 0 bridgehead atoms. The number of rotatable bonds is 2. The number of nitrogens with two attached hydrogens (primary N) is 1. The van der Waals surface area contributed by atoms with Crippen molar-refractivity contribution in [2.75, 3.05) is 5.73 Å². The molecule has 1 aromatic heterocycles. The Morgan fingerprint density at radius 2 is 2.12 bits per heavy atom. The third-order valence-corrected chi connectivity index (χ3v) is 2.95. The van der Waals surface area contributed by atoms with Crippen LogP contribution in [0.2, 0.25) is 0 Å². The summed E-state index contributed by atoms with van der Waals surface area (Å²) in [6.07, 6.45) is 0. The zero-order valence-electron chi connectivity index (χ0n) is 8.96. The number of furan rings is 1. The summed E-state index contributed by atoms with van der Waals surface area (Å²) in [5, 5.41) is 0. The van der Waals surface area contributed by atoms with E-state index in [9.17, 15) is 9.18 Å².